The lowest BCUT2D eigenvalue weighted by atomic mass is 10.0. The van der Waals surface area contributed by atoms with Crippen LogP contribution in [0.2, 0.25) is 0 Å². The van der Waals surface area contributed by atoms with Gasteiger partial charge in [0.2, 0.25) is 0 Å². The summed E-state index contributed by atoms with van der Waals surface area (Å²) in [5.74, 6) is 0.484. The molecule has 0 spiro atoms. The zero-order valence-electron chi connectivity index (χ0n) is 13.2. The molecule has 0 radical (unpaired) electrons. The fraction of sp³-hybridized carbons (Fsp3) is 0.353. The van der Waals surface area contributed by atoms with Crippen LogP contribution < -0.4 is 10.2 Å². The van der Waals surface area contributed by atoms with Gasteiger partial charge < -0.3 is 19.7 Å². The molecule has 1 aromatic carbocycles. The van der Waals surface area contributed by atoms with Gasteiger partial charge in [-0.1, -0.05) is 6.07 Å². The molecular weight excluding hydrogens is 280 g/mol. The molecule has 0 aliphatic rings. The van der Waals surface area contributed by atoms with Crippen LogP contribution in [0.15, 0.2) is 47.1 Å². The summed E-state index contributed by atoms with van der Waals surface area (Å²) in [5, 5.41) is 13.1. The van der Waals surface area contributed by atoms with Crippen LogP contribution in [0.1, 0.15) is 23.0 Å². The SMILES string of the molecule is CN(C)c1cccc(C(=O)NC[C@@](C)(O)Cc2ccco2)c1. The number of hydrogen-bond donors (Lipinski definition) is 2. The lowest BCUT2D eigenvalue weighted by molar-refractivity contribution is 0.0510. The number of furan rings is 1. The quantitative estimate of drug-likeness (QED) is 0.857. The van der Waals surface area contributed by atoms with Crippen LogP contribution in [0.5, 0.6) is 0 Å². The fourth-order valence-electron chi connectivity index (χ4n) is 2.15. The van der Waals surface area contributed by atoms with Crippen LogP contribution >= 0.6 is 0 Å². The molecule has 1 aromatic heterocycles. The Morgan fingerprint density at radius 1 is 1.32 bits per heavy atom. The first-order chi connectivity index (χ1) is 10.4. The van der Waals surface area contributed by atoms with Crippen molar-refractivity contribution in [2.24, 2.45) is 0 Å². The Labute approximate surface area is 130 Å². The highest BCUT2D eigenvalue weighted by atomic mass is 16.3. The van der Waals surface area contributed by atoms with Crippen molar-refractivity contribution in [2.45, 2.75) is 18.9 Å². The van der Waals surface area contributed by atoms with Gasteiger partial charge in [0.1, 0.15) is 5.76 Å². The maximum atomic E-state index is 12.2. The molecule has 2 rings (SSSR count). The molecule has 0 aliphatic carbocycles. The maximum Gasteiger partial charge on any atom is 0.251 e. The van der Waals surface area contributed by atoms with Gasteiger partial charge in [-0.05, 0) is 37.3 Å². The van der Waals surface area contributed by atoms with Crippen LogP contribution in [-0.4, -0.2) is 37.3 Å². The van der Waals surface area contributed by atoms with E-state index in [-0.39, 0.29) is 12.5 Å². The number of anilines is 1. The highest BCUT2D eigenvalue weighted by Crippen LogP contribution is 2.15. The molecule has 1 heterocycles. The number of nitrogens with one attached hydrogen (secondary N) is 1. The number of carbonyl (C=O) groups is 1. The third kappa shape index (κ3) is 4.36. The highest BCUT2D eigenvalue weighted by molar-refractivity contribution is 5.95. The van der Waals surface area contributed by atoms with Crippen molar-refractivity contribution in [1.29, 1.82) is 0 Å². The third-order valence-electron chi connectivity index (χ3n) is 3.39. The van der Waals surface area contributed by atoms with Gasteiger partial charge in [0.25, 0.3) is 5.91 Å². The lowest BCUT2D eigenvalue weighted by Crippen LogP contribution is -2.42. The molecule has 0 fully saturated rings. The second-order valence-corrected chi connectivity index (χ2v) is 5.88. The lowest BCUT2D eigenvalue weighted by Gasteiger charge is -2.22. The Bertz CT molecular complexity index is 619. The first-order valence-electron chi connectivity index (χ1n) is 7.18. The van der Waals surface area contributed by atoms with Gasteiger partial charge in [0, 0.05) is 38.3 Å². The molecule has 2 N–H and O–H groups in total. The van der Waals surface area contributed by atoms with Crippen molar-refractivity contribution in [3.05, 3.63) is 54.0 Å². The van der Waals surface area contributed by atoms with Gasteiger partial charge in [0.05, 0.1) is 11.9 Å². The topological polar surface area (TPSA) is 65.7 Å². The summed E-state index contributed by atoms with van der Waals surface area (Å²) in [5.41, 5.74) is 0.460. The van der Waals surface area contributed by atoms with Crippen molar-refractivity contribution in [2.75, 3.05) is 25.5 Å². The molecule has 5 nitrogen and oxygen atoms in total. The Balaban J connectivity index is 1.95. The van der Waals surface area contributed by atoms with Crippen molar-refractivity contribution >= 4 is 11.6 Å². The predicted octanol–water partition coefficient (Wildman–Crippen LogP) is 2.07. The molecule has 118 valence electrons. The minimum Gasteiger partial charge on any atom is -0.469 e. The number of hydrogen-bond acceptors (Lipinski definition) is 4. The Hall–Kier alpha value is -2.27. The van der Waals surface area contributed by atoms with E-state index in [1.165, 1.54) is 0 Å². The number of carbonyl (C=O) groups excluding carboxylic acids is 1. The Morgan fingerprint density at radius 2 is 2.09 bits per heavy atom. The third-order valence-corrected chi connectivity index (χ3v) is 3.39. The molecule has 0 saturated heterocycles. The smallest absolute Gasteiger partial charge is 0.251 e. The van der Waals surface area contributed by atoms with Crippen LogP contribution in [0.25, 0.3) is 0 Å². The summed E-state index contributed by atoms with van der Waals surface area (Å²) in [6.45, 7) is 1.82. The fourth-order valence-corrected chi connectivity index (χ4v) is 2.15. The predicted molar refractivity (Wildman–Crippen MR) is 86.1 cm³/mol. The average molecular weight is 302 g/mol. The molecule has 0 aliphatic heterocycles. The van der Waals surface area contributed by atoms with Crippen molar-refractivity contribution in [3.8, 4) is 0 Å². The van der Waals surface area contributed by atoms with E-state index in [4.69, 9.17) is 4.42 Å². The average Bonchev–Trinajstić information content (AvgIpc) is 2.97. The summed E-state index contributed by atoms with van der Waals surface area (Å²) >= 11 is 0. The van der Waals surface area contributed by atoms with Crippen LogP contribution in [0, 0.1) is 0 Å². The van der Waals surface area contributed by atoms with E-state index in [0.717, 1.165) is 5.69 Å². The summed E-state index contributed by atoms with van der Waals surface area (Å²) in [7, 11) is 3.84. The van der Waals surface area contributed by atoms with E-state index >= 15 is 0 Å². The molecule has 1 amide bonds. The number of amides is 1. The summed E-state index contributed by atoms with van der Waals surface area (Å²) in [4.78, 5) is 14.1. The molecule has 1 atom stereocenters. The minimum absolute atomic E-state index is 0.152. The van der Waals surface area contributed by atoms with Gasteiger partial charge in [0.15, 0.2) is 0 Å². The Morgan fingerprint density at radius 3 is 2.73 bits per heavy atom. The normalized spacial score (nSPS) is 13.5. The standard InChI is InChI=1S/C17H22N2O3/c1-17(21,11-15-8-5-9-22-15)12-18-16(20)13-6-4-7-14(10-13)19(2)3/h4-10,21H,11-12H2,1-3H3,(H,18,20)/t17-/m0/s1. The first kappa shape index (κ1) is 16.1. The maximum absolute atomic E-state index is 12.2. The number of rotatable bonds is 6. The van der Waals surface area contributed by atoms with E-state index in [2.05, 4.69) is 5.32 Å². The molecular formula is C17H22N2O3. The number of benzene rings is 1. The zero-order chi connectivity index (χ0) is 16.2. The summed E-state index contributed by atoms with van der Waals surface area (Å²) in [6, 6.07) is 10.9. The molecule has 2 aromatic rings. The summed E-state index contributed by atoms with van der Waals surface area (Å²) < 4.78 is 5.22. The van der Waals surface area contributed by atoms with Crippen LogP contribution in [0.3, 0.4) is 0 Å². The van der Waals surface area contributed by atoms with Gasteiger partial charge in [-0.25, -0.2) is 0 Å². The first-order valence-corrected chi connectivity index (χ1v) is 7.18. The zero-order valence-corrected chi connectivity index (χ0v) is 13.2. The summed E-state index contributed by atoms with van der Waals surface area (Å²) in [6.07, 6.45) is 1.91. The molecule has 0 saturated carbocycles. The second kappa shape index (κ2) is 6.66. The van der Waals surface area contributed by atoms with Gasteiger partial charge in [-0.15, -0.1) is 0 Å². The van der Waals surface area contributed by atoms with E-state index in [9.17, 15) is 9.90 Å². The largest absolute Gasteiger partial charge is 0.469 e. The van der Waals surface area contributed by atoms with E-state index < -0.39 is 5.60 Å². The van der Waals surface area contributed by atoms with Crippen LogP contribution in [-0.2, 0) is 6.42 Å². The highest BCUT2D eigenvalue weighted by Gasteiger charge is 2.23. The molecule has 0 unspecified atom stereocenters. The van der Waals surface area contributed by atoms with E-state index in [1.54, 1.807) is 31.4 Å². The Kier molecular flexibility index (Phi) is 4.88. The molecule has 22 heavy (non-hydrogen) atoms. The van der Waals surface area contributed by atoms with Gasteiger partial charge >= 0.3 is 0 Å². The minimum atomic E-state index is -1.06. The van der Waals surface area contributed by atoms with E-state index in [0.29, 0.717) is 17.7 Å². The second-order valence-electron chi connectivity index (χ2n) is 5.88. The van der Waals surface area contributed by atoms with Gasteiger partial charge in [-0.3, -0.25) is 4.79 Å². The number of aliphatic hydroxyl groups is 1. The monoisotopic (exact) mass is 302 g/mol. The van der Waals surface area contributed by atoms with Crippen LogP contribution in [0.4, 0.5) is 5.69 Å². The molecule has 5 heteroatoms. The molecule has 0 bridgehead atoms. The van der Waals surface area contributed by atoms with Gasteiger partial charge in [-0.2, -0.15) is 0 Å². The van der Waals surface area contributed by atoms with Crippen molar-refractivity contribution in [3.63, 3.8) is 0 Å². The van der Waals surface area contributed by atoms with Crippen molar-refractivity contribution < 1.29 is 14.3 Å². The van der Waals surface area contributed by atoms with Crippen molar-refractivity contribution in [1.82, 2.24) is 5.32 Å². The number of nitrogens with zero attached hydrogens (tertiary/aromatic N) is 1. The van der Waals surface area contributed by atoms with E-state index in [1.807, 2.05) is 37.2 Å².